The molecule has 0 spiro atoms. The van der Waals surface area contributed by atoms with Crippen LogP contribution in [0.2, 0.25) is 0 Å². The quantitative estimate of drug-likeness (QED) is 0.930. The van der Waals surface area contributed by atoms with Crippen molar-refractivity contribution in [2.45, 2.75) is 13.3 Å². The number of benzene rings is 1. The minimum atomic E-state index is -3.34. The second-order valence-electron chi connectivity index (χ2n) is 5.29. The second-order valence-corrected chi connectivity index (χ2v) is 7.30. The molecule has 23 heavy (non-hydrogen) atoms. The van der Waals surface area contributed by atoms with Crippen LogP contribution >= 0.6 is 0 Å². The number of amides is 1. The molecule has 3 rings (SSSR count). The summed E-state index contributed by atoms with van der Waals surface area (Å²) in [6.45, 7) is 2.16. The SMILES string of the molecule is CCS(=O)(=O)Nc1ccc2c(c1)N(C(=O)c1ccncc1)CC2. The predicted molar refractivity (Wildman–Crippen MR) is 89.1 cm³/mol. The topological polar surface area (TPSA) is 79.4 Å². The maximum Gasteiger partial charge on any atom is 0.258 e. The third-order valence-corrected chi connectivity index (χ3v) is 5.11. The number of fused-ring (bicyclic) bond motifs is 1. The van der Waals surface area contributed by atoms with Crippen LogP contribution in [-0.2, 0) is 16.4 Å². The number of rotatable bonds is 4. The van der Waals surface area contributed by atoms with Crippen LogP contribution in [0.3, 0.4) is 0 Å². The van der Waals surface area contributed by atoms with Gasteiger partial charge in [0.25, 0.3) is 5.91 Å². The standard InChI is InChI=1S/C16H17N3O3S/c1-2-23(21,22)18-14-4-3-12-7-10-19(15(12)11-14)16(20)13-5-8-17-9-6-13/h3-6,8-9,11,18H,2,7,10H2,1H3. The van der Waals surface area contributed by atoms with Crippen LogP contribution in [0.25, 0.3) is 0 Å². The molecule has 7 heteroatoms. The lowest BCUT2D eigenvalue weighted by atomic mass is 10.1. The summed E-state index contributed by atoms with van der Waals surface area (Å²) >= 11 is 0. The number of hydrogen-bond donors (Lipinski definition) is 1. The number of carbonyl (C=O) groups excluding carboxylic acids is 1. The van der Waals surface area contributed by atoms with Crippen molar-refractivity contribution >= 4 is 27.3 Å². The van der Waals surface area contributed by atoms with Crippen molar-refractivity contribution < 1.29 is 13.2 Å². The normalized spacial score (nSPS) is 13.7. The van der Waals surface area contributed by atoms with E-state index in [1.165, 1.54) is 0 Å². The molecule has 1 aromatic heterocycles. The Bertz CT molecular complexity index is 835. The van der Waals surface area contributed by atoms with Gasteiger partial charge in [0.1, 0.15) is 0 Å². The largest absolute Gasteiger partial charge is 0.308 e. The number of aromatic nitrogens is 1. The first-order valence-electron chi connectivity index (χ1n) is 7.35. The molecule has 6 nitrogen and oxygen atoms in total. The van der Waals surface area contributed by atoms with Gasteiger partial charge < -0.3 is 4.90 Å². The van der Waals surface area contributed by atoms with Crippen molar-refractivity contribution in [3.8, 4) is 0 Å². The summed E-state index contributed by atoms with van der Waals surface area (Å²) in [5.74, 6) is -0.106. The highest BCUT2D eigenvalue weighted by Gasteiger charge is 2.26. The highest BCUT2D eigenvalue weighted by molar-refractivity contribution is 7.92. The van der Waals surface area contributed by atoms with Gasteiger partial charge in [0.05, 0.1) is 11.4 Å². The Hall–Kier alpha value is -2.41. The third-order valence-electron chi connectivity index (χ3n) is 3.81. The fourth-order valence-electron chi connectivity index (χ4n) is 2.56. The number of carbonyl (C=O) groups is 1. The monoisotopic (exact) mass is 331 g/mol. The van der Waals surface area contributed by atoms with Crippen molar-refractivity contribution in [3.05, 3.63) is 53.9 Å². The summed E-state index contributed by atoms with van der Waals surface area (Å²) in [4.78, 5) is 18.2. The lowest BCUT2D eigenvalue weighted by molar-refractivity contribution is 0.0989. The Morgan fingerprint density at radius 2 is 2.00 bits per heavy atom. The van der Waals surface area contributed by atoms with Crippen LogP contribution in [-0.4, -0.2) is 31.6 Å². The van der Waals surface area contributed by atoms with Crippen LogP contribution in [0.15, 0.2) is 42.7 Å². The van der Waals surface area contributed by atoms with E-state index in [9.17, 15) is 13.2 Å². The van der Waals surface area contributed by atoms with Crippen molar-refractivity contribution in [1.82, 2.24) is 4.98 Å². The Labute approximate surface area is 135 Å². The Morgan fingerprint density at radius 1 is 1.26 bits per heavy atom. The van der Waals surface area contributed by atoms with E-state index in [-0.39, 0.29) is 11.7 Å². The van der Waals surface area contributed by atoms with Gasteiger partial charge in [-0.25, -0.2) is 8.42 Å². The first-order chi connectivity index (χ1) is 11.0. The minimum Gasteiger partial charge on any atom is -0.308 e. The van der Waals surface area contributed by atoms with Crippen LogP contribution in [0.4, 0.5) is 11.4 Å². The average molecular weight is 331 g/mol. The molecule has 1 N–H and O–H groups in total. The smallest absolute Gasteiger partial charge is 0.258 e. The molecule has 0 aliphatic carbocycles. The molecule has 2 aromatic rings. The first-order valence-corrected chi connectivity index (χ1v) is 9.01. The van der Waals surface area contributed by atoms with Crippen LogP contribution in [0.1, 0.15) is 22.8 Å². The molecule has 0 unspecified atom stereocenters. The van der Waals surface area contributed by atoms with Gasteiger partial charge in [-0.1, -0.05) is 6.07 Å². The van der Waals surface area contributed by atoms with Crippen LogP contribution in [0, 0.1) is 0 Å². The summed E-state index contributed by atoms with van der Waals surface area (Å²) in [6.07, 6.45) is 3.92. The van der Waals surface area contributed by atoms with Gasteiger partial charge in [-0.05, 0) is 43.2 Å². The molecule has 0 radical (unpaired) electrons. The van der Waals surface area contributed by atoms with Crippen LogP contribution in [0.5, 0.6) is 0 Å². The van der Waals surface area contributed by atoms with E-state index in [1.807, 2.05) is 6.07 Å². The highest BCUT2D eigenvalue weighted by atomic mass is 32.2. The molecular formula is C16H17N3O3S. The van der Waals surface area contributed by atoms with E-state index < -0.39 is 10.0 Å². The van der Waals surface area contributed by atoms with Gasteiger partial charge in [0.2, 0.25) is 10.0 Å². The Balaban J connectivity index is 1.91. The third kappa shape index (κ3) is 3.19. The van der Waals surface area contributed by atoms with Gasteiger partial charge in [-0.3, -0.25) is 14.5 Å². The number of sulfonamides is 1. The zero-order chi connectivity index (χ0) is 16.4. The number of anilines is 2. The number of nitrogens with zero attached hydrogens (tertiary/aromatic N) is 2. The molecule has 1 amide bonds. The molecule has 1 aliphatic heterocycles. The molecular weight excluding hydrogens is 314 g/mol. The maximum atomic E-state index is 12.6. The summed E-state index contributed by atoms with van der Waals surface area (Å²) in [5.41, 5.74) is 2.82. The fourth-order valence-corrected chi connectivity index (χ4v) is 3.19. The van der Waals surface area contributed by atoms with Gasteiger partial charge >= 0.3 is 0 Å². The van der Waals surface area contributed by atoms with Crippen molar-refractivity contribution in [2.24, 2.45) is 0 Å². The number of hydrogen-bond acceptors (Lipinski definition) is 4. The van der Waals surface area contributed by atoms with Gasteiger partial charge in [-0.2, -0.15) is 0 Å². The van der Waals surface area contributed by atoms with E-state index in [0.29, 0.717) is 17.8 Å². The van der Waals surface area contributed by atoms with Crippen LogP contribution < -0.4 is 9.62 Å². The van der Waals surface area contributed by atoms with Gasteiger partial charge in [0.15, 0.2) is 0 Å². The zero-order valence-corrected chi connectivity index (χ0v) is 13.5. The number of pyridine rings is 1. The Kier molecular flexibility index (Phi) is 4.04. The van der Waals surface area contributed by atoms with E-state index in [2.05, 4.69) is 9.71 Å². The minimum absolute atomic E-state index is 0.00372. The molecule has 0 atom stereocenters. The lowest BCUT2D eigenvalue weighted by Crippen LogP contribution is -2.29. The highest BCUT2D eigenvalue weighted by Crippen LogP contribution is 2.32. The molecule has 1 aliphatic rings. The van der Waals surface area contributed by atoms with E-state index in [1.54, 1.807) is 48.5 Å². The molecule has 0 saturated carbocycles. The number of nitrogens with one attached hydrogen (secondary N) is 1. The van der Waals surface area contributed by atoms with E-state index in [0.717, 1.165) is 17.7 Å². The Morgan fingerprint density at radius 3 is 2.70 bits per heavy atom. The fraction of sp³-hybridized carbons (Fsp3) is 0.250. The molecule has 120 valence electrons. The summed E-state index contributed by atoms with van der Waals surface area (Å²) in [7, 11) is -3.34. The van der Waals surface area contributed by atoms with Crippen molar-refractivity contribution in [2.75, 3.05) is 21.9 Å². The van der Waals surface area contributed by atoms with Crippen molar-refractivity contribution in [3.63, 3.8) is 0 Å². The molecule has 2 heterocycles. The predicted octanol–water partition coefficient (Wildman–Crippen LogP) is 2.05. The maximum absolute atomic E-state index is 12.6. The van der Waals surface area contributed by atoms with E-state index >= 15 is 0 Å². The summed E-state index contributed by atoms with van der Waals surface area (Å²) in [5, 5.41) is 0. The average Bonchev–Trinajstić information content (AvgIpc) is 2.98. The van der Waals surface area contributed by atoms with E-state index in [4.69, 9.17) is 0 Å². The van der Waals surface area contributed by atoms with Gasteiger partial charge in [-0.15, -0.1) is 0 Å². The summed E-state index contributed by atoms with van der Waals surface area (Å²) in [6, 6.07) is 8.65. The molecule has 0 bridgehead atoms. The first kappa shape index (κ1) is 15.5. The second kappa shape index (κ2) is 6.00. The van der Waals surface area contributed by atoms with Gasteiger partial charge in [0, 0.05) is 30.2 Å². The molecule has 1 aromatic carbocycles. The molecule has 0 fully saturated rings. The zero-order valence-electron chi connectivity index (χ0n) is 12.7. The molecule has 0 saturated heterocycles. The lowest BCUT2D eigenvalue weighted by Gasteiger charge is -2.18. The van der Waals surface area contributed by atoms with Crippen molar-refractivity contribution in [1.29, 1.82) is 0 Å². The summed E-state index contributed by atoms with van der Waals surface area (Å²) < 4.78 is 25.9.